The van der Waals surface area contributed by atoms with E-state index in [0.29, 0.717) is 24.0 Å². The molecule has 146 valence electrons. The van der Waals surface area contributed by atoms with Gasteiger partial charge in [0.15, 0.2) is 0 Å². The predicted molar refractivity (Wildman–Crippen MR) is 113 cm³/mol. The SMILES string of the molecule is O=C(O)CCCC/C=C\[C@@H]1[C@@H](CSCC=Cc2ccccc2)[C@H]2CC[C@@H]1O2. The first-order valence-electron chi connectivity index (χ1n) is 10.1. The molecular weight excluding hydrogens is 356 g/mol. The highest BCUT2D eigenvalue weighted by Crippen LogP contribution is 2.45. The zero-order chi connectivity index (χ0) is 18.9. The van der Waals surface area contributed by atoms with Gasteiger partial charge < -0.3 is 9.84 Å². The molecule has 2 bridgehead atoms. The van der Waals surface area contributed by atoms with Gasteiger partial charge in [-0.2, -0.15) is 11.8 Å². The summed E-state index contributed by atoms with van der Waals surface area (Å²) in [5, 5.41) is 8.69. The summed E-state index contributed by atoms with van der Waals surface area (Å²) >= 11 is 2.00. The number of allylic oxidation sites excluding steroid dienone is 1. The van der Waals surface area contributed by atoms with Gasteiger partial charge in [-0.1, -0.05) is 54.6 Å². The second-order valence-electron chi connectivity index (χ2n) is 7.45. The van der Waals surface area contributed by atoms with E-state index in [-0.39, 0.29) is 6.42 Å². The molecular formula is C23H30O3S. The maximum atomic E-state index is 10.6. The first kappa shape index (κ1) is 20.2. The first-order valence-corrected chi connectivity index (χ1v) is 11.2. The number of carbonyl (C=O) groups is 1. The molecule has 0 aliphatic carbocycles. The average Bonchev–Trinajstić information content (AvgIpc) is 3.27. The van der Waals surface area contributed by atoms with E-state index in [1.807, 2.05) is 17.8 Å². The van der Waals surface area contributed by atoms with Crippen molar-refractivity contribution in [2.24, 2.45) is 11.8 Å². The highest BCUT2D eigenvalue weighted by atomic mass is 32.2. The standard InChI is InChI=1S/C23H30O3S/c24-23(25)13-7-2-1-6-12-19-20(22-15-14-21(19)26-22)17-27-16-8-11-18-9-4-3-5-10-18/h3-6,8-12,19-22H,1-2,7,13-17H2,(H,24,25)/b11-8?,12-6-/t19-,20-,21+,22-/m1/s1. The lowest BCUT2D eigenvalue weighted by Gasteiger charge is -2.25. The predicted octanol–water partition coefficient (Wildman–Crippen LogP) is 5.43. The summed E-state index contributed by atoms with van der Waals surface area (Å²) in [5.41, 5.74) is 1.25. The Balaban J connectivity index is 1.40. The first-order chi connectivity index (χ1) is 13.2. The van der Waals surface area contributed by atoms with Gasteiger partial charge in [0.05, 0.1) is 12.2 Å². The minimum Gasteiger partial charge on any atom is -0.481 e. The van der Waals surface area contributed by atoms with E-state index in [1.54, 1.807) is 0 Å². The molecule has 0 saturated carbocycles. The number of ether oxygens (including phenoxy) is 1. The third kappa shape index (κ3) is 6.25. The van der Waals surface area contributed by atoms with E-state index in [4.69, 9.17) is 9.84 Å². The molecule has 0 aromatic heterocycles. The van der Waals surface area contributed by atoms with Crippen LogP contribution >= 0.6 is 11.8 Å². The molecule has 2 fully saturated rings. The van der Waals surface area contributed by atoms with E-state index in [0.717, 1.165) is 30.8 Å². The number of unbranched alkanes of at least 4 members (excludes halogenated alkanes) is 2. The van der Waals surface area contributed by atoms with Crippen LogP contribution in [0.3, 0.4) is 0 Å². The van der Waals surface area contributed by atoms with Gasteiger partial charge in [0.1, 0.15) is 0 Å². The minimum atomic E-state index is -0.695. The van der Waals surface area contributed by atoms with Crippen molar-refractivity contribution < 1.29 is 14.6 Å². The minimum absolute atomic E-state index is 0.279. The number of rotatable bonds is 11. The summed E-state index contributed by atoms with van der Waals surface area (Å²) in [6, 6.07) is 10.4. The zero-order valence-electron chi connectivity index (χ0n) is 15.8. The topological polar surface area (TPSA) is 46.5 Å². The highest BCUT2D eigenvalue weighted by Gasteiger charge is 2.47. The Morgan fingerprint density at radius 1 is 1.15 bits per heavy atom. The van der Waals surface area contributed by atoms with E-state index < -0.39 is 5.97 Å². The lowest BCUT2D eigenvalue weighted by molar-refractivity contribution is -0.137. The van der Waals surface area contributed by atoms with Crippen molar-refractivity contribution in [1.29, 1.82) is 0 Å². The lowest BCUT2D eigenvalue weighted by atomic mass is 9.80. The summed E-state index contributed by atoms with van der Waals surface area (Å²) in [6.45, 7) is 0. The molecule has 1 aromatic rings. The summed E-state index contributed by atoms with van der Waals surface area (Å²) in [7, 11) is 0. The number of fused-ring (bicyclic) bond motifs is 2. The molecule has 0 spiro atoms. The van der Waals surface area contributed by atoms with Crippen molar-refractivity contribution in [2.45, 2.75) is 50.7 Å². The number of aliphatic carboxylic acids is 1. The molecule has 0 amide bonds. The van der Waals surface area contributed by atoms with E-state index in [1.165, 1.54) is 18.4 Å². The monoisotopic (exact) mass is 386 g/mol. The molecule has 4 atom stereocenters. The molecule has 27 heavy (non-hydrogen) atoms. The Labute approximate surface area is 166 Å². The summed E-state index contributed by atoms with van der Waals surface area (Å²) in [4.78, 5) is 10.6. The molecule has 2 heterocycles. The van der Waals surface area contributed by atoms with E-state index in [2.05, 4.69) is 48.6 Å². The van der Waals surface area contributed by atoms with E-state index >= 15 is 0 Å². The second-order valence-corrected chi connectivity index (χ2v) is 8.52. The summed E-state index contributed by atoms with van der Waals surface area (Å²) in [5.74, 6) is 2.64. The van der Waals surface area contributed by atoms with Crippen LogP contribution in [0.25, 0.3) is 6.08 Å². The molecule has 2 aliphatic rings. The number of hydrogen-bond donors (Lipinski definition) is 1. The van der Waals surface area contributed by atoms with Crippen molar-refractivity contribution in [2.75, 3.05) is 11.5 Å². The second kappa shape index (κ2) is 10.7. The highest BCUT2D eigenvalue weighted by molar-refractivity contribution is 7.99. The van der Waals surface area contributed by atoms with Crippen molar-refractivity contribution >= 4 is 23.8 Å². The van der Waals surface area contributed by atoms with Crippen molar-refractivity contribution in [3.8, 4) is 0 Å². The third-order valence-electron chi connectivity index (χ3n) is 5.49. The quantitative estimate of drug-likeness (QED) is 0.407. The van der Waals surface area contributed by atoms with Gasteiger partial charge >= 0.3 is 5.97 Å². The van der Waals surface area contributed by atoms with Crippen LogP contribution in [0.5, 0.6) is 0 Å². The normalized spacial score (nSPS) is 27.1. The fraction of sp³-hybridized carbons (Fsp3) is 0.522. The van der Waals surface area contributed by atoms with Crippen LogP contribution in [0, 0.1) is 11.8 Å². The zero-order valence-corrected chi connectivity index (χ0v) is 16.7. The number of hydrogen-bond acceptors (Lipinski definition) is 3. The molecule has 2 aliphatic heterocycles. The van der Waals surface area contributed by atoms with Crippen LogP contribution in [0.2, 0.25) is 0 Å². The molecule has 1 aromatic carbocycles. The van der Waals surface area contributed by atoms with Gasteiger partial charge in [-0.25, -0.2) is 0 Å². The molecule has 3 nitrogen and oxygen atoms in total. The Bertz CT molecular complexity index is 640. The molecule has 0 radical (unpaired) electrons. The van der Waals surface area contributed by atoms with Crippen LogP contribution < -0.4 is 0 Å². The number of thioether (sulfide) groups is 1. The van der Waals surface area contributed by atoms with Crippen LogP contribution in [0.1, 0.15) is 44.1 Å². The van der Waals surface area contributed by atoms with Crippen LogP contribution in [0.15, 0.2) is 48.6 Å². The number of carboxylic acid groups (broad SMARTS) is 1. The van der Waals surface area contributed by atoms with E-state index in [9.17, 15) is 4.79 Å². The van der Waals surface area contributed by atoms with Gasteiger partial charge in [-0.3, -0.25) is 4.79 Å². The Morgan fingerprint density at radius 2 is 1.96 bits per heavy atom. The van der Waals surface area contributed by atoms with Gasteiger partial charge in [-0.15, -0.1) is 0 Å². The van der Waals surface area contributed by atoms with Gasteiger partial charge in [-0.05, 0) is 43.4 Å². The molecule has 1 N–H and O–H groups in total. The molecule has 0 unspecified atom stereocenters. The van der Waals surface area contributed by atoms with Crippen LogP contribution in [-0.2, 0) is 9.53 Å². The van der Waals surface area contributed by atoms with Gasteiger partial charge in [0.2, 0.25) is 0 Å². The van der Waals surface area contributed by atoms with Crippen LogP contribution in [0.4, 0.5) is 0 Å². The number of carboxylic acids is 1. The Hall–Kier alpha value is -1.52. The Kier molecular flexibility index (Phi) is 8.03. The fourth-order valence-electron chi connectivity index (χ4n) is 4.11. The summed E-state index contributed by atoms with van der Waals surface area (Å²) < 4.78 is 6.17. The van der Waals surface area contributed by atoms with Crippen molar-refractivity contribution in [3.05, 3.63) is 54.1 Å². The maximum absolute atomic E-state index is 10.6. The van der Waals surface area contributed by atoms with Gasteiger partial charge in [0.25, 0.3) is 0 Å². The largest absolute Gasteiger partial charge is 0.481 e. The summed E-state index contributed by atoms with van der Waals surface area (Å²) in [6.07, 6.45) is 15.2. The fourth-order valence-corrected chi connectivity index (χ4v) is 5.19. The Morgan fingerprint density at radius 3 is 2.78 bits per heavy atom. The van der Waals surface area contributed by atoms with Crippen molar-refractivity contribution in [3.63, 3.8) is 0 Å². The molecule has 4 heteroatoms. The number of benzene rings is 1. The van der Waals surface area contributed by atoms with Gasteiger partial charge in [0, 0.05) is 24.0 Å². The molecule has 2 saturated heterocycles. The van der Waals surface area contributed by atoms with Crippen LogP contribution in [-0.4, -0.2) is 34.8 Å². The molecule has 3 rings (SSSR count). The third-order valence-corrected chi connectivity index (χ3v) is 6.54. The van der Waals surface area contributed by atoms with Crippen molar-refractivity contribution in [1.82, 2.24) is 0 Å². The lowest BCUT2D eigenvalue weighted by Crippen LogP contribution is -2.27. The maximum Gasteiger partial charge on any atom is 0.303 e. The average molecular weight is 387 g/mol. The smallest absolute Gasteiger partial charge is 0.303 e.